The Labute approximate surface area is 89.0 Å². The van der Waals surface area contributed by atoms with Crippen LogP contribution in [0.1, 0.15) is 26.7 Å². The van der Waals surface area contributed by atoms with Gasteiger partial charge in [0.2, 0.25) is 8.32 Å². The molecule has 80 valence electrons. The molecule has 1 aliphatic heterocycles. The van der Waals surface area contributed by atoms with Gasteiger partial charge in [0.1, 0.15) is 0 Å². The molecule has 2 heteroatoms. The number of hydrogen-bond donors (Lipinski definition) is 0. The fourth-order valence-corrected chi connectivity index (χ4v) is 6.41. The highest BCUT2D eigenvalue weighted by molar-refractivity contribution is 6.74. The summed E-state index contributed by atoms with van der Waals surface area (Å²) in [4.78, 5) is 0. The molecule has 0 unspecified atom stereocenters. The average molecular weight is 210 g/mol. The molecule has 1 nitrogen and oxygen atoms in total. The van der Waals surface area contributed by atoms with Crippen molar-refractivity contribution in [2.24, 2.45) is 0 Å². The summed E-state index contributed by atoms with van der Waals surface area (Å²) in [5.41, 5.74) is 0.0799. The van der Waals surface area contributed by atoms with Crippen LogP contribution in [-0.4, -0.2) is 13.9 Å². The van der Waals surface area contributed by atoms with Crippen molar-refractivity contribution in [2.75, 3.05) is 0 Å². The van der Waals surface area contributed by atoms with E-state index in [-0.39, 0.29) is 5.60 Å². The molecule has 0 aromatic rings. The second kappa shape index (κ2) is 4.45. The van der Waals surface area contributed by atoms with E-state index in [9.17, 15) is 0 Å². The Kier molecular flexibility index (Phi) is 3.73. The van der Waals surface area contributed by atoms with Gasteiger partial charge in [0, 0.05) is 0 Å². The van der Waals surface area contributed by atoms with Crippen LogP contribution < -0.4 is 0 Å². The Bertz CT molecular complexity index is 210. The van der Waals surface area contributed by atoms with E-state index in [0.717, 1.165) is 12.1 Å². The fourth-order valence-electron chi connectivity index (χ4n) is 2.42. The molecule has 1 fully saturated rings. The van der Waals surface area contributed by atoms with Crippen LogP contribution in [0.5, 0.6) is 0 Å². The van der Waals surface area contributed by atoms with E-state index in [4.69, 9.17) is 4.43 Å². The molecule has 1 saturated heterocycles. The van der Waals surface area contributed by atoms with Crippen LogP contribution in [0.2, 0.25) is 18.1 Å². The van der Waals surface area contributed by atoms with Crippen LogP contribution in [0.15, 0.2) is 25.3 Å². The van der Waals surface area contributed by atoms with E-state index in [2.05, 4.69) is 27.0 Å². The molecule has 0 aromatic heterocycles. The molecule has 0 N–H and O–H groups in total. The summed E-state index contributed by atoms with van der Waals surface area (Å²) >= 11 is 0. The van der Waals surface area contributed by atoms with Gasteiger partial charge in [0.25, 0.3) is 0 Å². The minimum absolute atomic E-state index is 0.0799. The maximum absolute atomic E-state index is 6.34. The Morgan fingerprint density at radius 3 is 2.29 bits per heavy atom. The highest BCUT2D eigenvalue weighted by Gasteiger charge is 2.41. The topological polar surface area (TPSA) is 9.23 Å². The largest absolute Gasteiger partial charge is 0.411 e. The van der Waals surface area contributed by atoms with Gasteiger partial charge >= 0.3 is 0 Å². The monoisotopic (exact) mass is 210 g/mol. The molecule has 0 radical (unpaired) electrons. The van der Waals surface area contributed by atoms with Gasteiger partial charge in [-0.15, -0.1) is 13.2 Å². The van der Waals surface area contributed by atoms with Crippen molar-refractivity contribution in [1.29, 1.82) is 0 Å². The summed E-state index contributed by atoms with van der Waals surface area (Å²) in [6.45, 7) is 12.1. The van der Waals surface area contributed by atoms with Crippen LogP contribution in [0.25, 0.3) is 0 Å². The van der Waals surface area contributed by atoms with Crippen molar-refractivity contribution in [1.82, 2.24) is 0 Å². The third-order valence-corrected chi connectivity index (χ3v) is 7.25. The molecular formula is C12H22OSi. The molecule has 14 heavy (non-hydrogen) atoms. The van der Waals surface area contributed by atoms with Crippen molar-refractivity contribution in [3.63, 3.8) is 0 Å². The summed E-state index contributed by atoms with van der Waals surface area (Å²) < 4.78 is 6.34. The molecule has 0 saturated carbocycles. The van der Waals surface area contributed by atoms with Crippen molar-refractivity contribution >= 4 is 8.32 Å². The molecule has 0 bridgehead atoms. The van der Waals surface area contributed by atoms with Gasteiger partial charge in [0.15, 0.2) is 0 Å². The minimum atomic E-state index is -1.55. The number of allylic oxidation sites excluding steroid dienone is 2. The predicted octanol–water partition coefficient (Wildman–Crippen LogP) is 3.89. The molecule has 0 aromatic carbocycles. The van der Waals surface area contributed by atoms with Gasteiger partial charge < -0.3 is 4.43 Å². The summed E-state index contributed by atoms with van der Waals surface area (Å²) in [6.07, 6.45) is 6.55. The zero-order valence-corrected chi connectivity index (χ0v) is 10.5. The van der Waals surface area contributed by atoms with Crippen molar-refractivity contribution in [3.05, 3.63) is 25.3 Å². The standard InChI is InChI=1S/C12H22OSi/c1-5-9-14(10-6-2)11-7-8-12(3,4)13-14/h5-6H,1-2,7-11H2,3-4H3. The van der Waals surface area contributed by atoms with E-state index in [1.165, 1.54) is 18.9 Å². The first-order valence-electron chi connectivity index (χ1n) is 5.46. The molecule has 0 amide bonds. The van der Waals surface area contributed by atoms with E-state index in [1.807, 2.05) is 12.2 Å². The first-order chi connectivity index (χ1) is 6.54. The van der Waals surface area contributed by atoms with Crippen LogP contribution >= 0.6 is 0 Å². The third kappa shape index (κ3) is 2.82. The summed E-state index contributed by atoms with van der Waals surface area (Å²) in [7, 11) is -1.55. The molecular weight excluding hydrogens is 188 g/mol. The fraction of sp³-hybridized carbons (Fsp3) is 0.667. The maximum atomic E-state index is 6.34. The zero-order valence-electron chi connectivity index (χ0n) is 9.51. The maximum Gasteiger partial charge on any atom is 0.200 e. The second-order valence-electron chi connectivity index (χ2n) is 4.88. The number of hydrogen-bond acceptors (Lipinski definition) is 1. The van der Waals surface area contributed by atoms with Gasteiger partial charge in [-0.25, -0.2) is 0 Å². The van der Waals surface area contributed by atoms with E-state index < -0.39 is 8.32 Å². The van der Waals surface area contributed by atoms with Crippen LogP contribution in [0.4, 0.5) is 0 Å². The van der Waals surface area contributed by atoms with Crippen molar-refractivity contribution in [2.45, 2.75) is 50.4 Å². The number of rotatable bonds is 4. The lowest BCUT2D eigenvalue weighted by atomic mass is 10.0. The molecule has 1 aliphatic rings. The average Bonchev–Trinajstić information content (AvgIpc) is 2.02. The third-order valence-electron chi connectivity index (χ3n) is 2.94. The van der Waals surface area contributed by atoms with Gasteiger partial charge in [-0.1, -0.05) is 18.6 Å². The Morgan fingerprint density at radius 2 is 1.86 bits per heavy atom. The van der Waals surface area contributed by atoms with Crippen LogP contribution in [-0.2, 0) is 4.43 Å². The van der Waals surface area contributed by atoms with Gasteiger partial charge in [-0.2, -0.15) is 0 Å². The predicted molar refractivity (Wildman–Crippen MR) is 65.0 cm³/mol. The normalized spacial score (nSPS) is 24.1. The Hall–Kier alpha value is -0.343. The Balaban J connectivity index is 2.75. The van der Waals surface area contributed by atoms with Crippen LogP contribution in [0.3, 0.4) is 0 Å². The highest BCUT2D eigenvalue weighted by atomic mass is 28.4. The summed E-state index contributed by atoms with van der Waals surface area (Å²) in [5.74, 6) is 0. The first kappa shape index (κ1) is 11.7. The zero-order chi connectivity index (χ0) is 10.7. The van der Waals surface area contributed by atoms with Gasteiger partial charge in [0.05, 0.1) is 5.60 Å². The highest BCUT2D eigenvalue weighted by Crippen LogP contribution is 2.37. The molecule has 0 atom stereocenters. The van der Waals surface area contributed by atoms with Crippen LogP contribution in [0, 0.1) is 0 Å². The van der Waals surface area contributed by atoms with Crippen molar-refractivity contribution in [3.8, 4) is 0 Å². The molecule has 1 heterocycles. The van der Waals surface area contributed by atoms with E-state index in [1.54, 1.807) is 0 Å². The smallest absolute Gasteiger partial charge is 0.200 e. The van der Waals surface area contributed by atoms with E-state index in [0.29, 0.717) is 0 Å². The van der Waals surface area contributed by atoms with Gasteiger partial charge in [-0.05, 0) is 38.4 Å². The van der Waals surface area contributed by atoms with Gasteiger partial charge in [-0.3, -0.25) is 0 Å². The molecule has 0 aliphatic carbocycles. The lowest BCUT2D eigenvalue weighted by molar-refractivity contribution is 0.0696. The Morgan fingerprint density at radius 1 is 1.29 bits per heavy atom. The van der Waals surface area contributed by atoms with Crippen molar-refractivity contribution < 1.29 is 4.43 Å². The first-order valence-corrected chi connectivity index (χ1v) is 7.99. The molecule has 0 spiro atoms. The quantitative estimate of drug-likeness (QED) is 0.505. The second-order valence-corrected chi connectivity index (χ2v) is 8.77. The lowest BCUT2D eigenvalue weighted by Crippen LogP contribution is -2.48. The lowest BCUT2D eigenvalue weighted by Gasteiger charge is -2.43. The van der Waals surface area contributed by atoms with E-state index >= 15 is 0 Å². The SMILES string of the molecule is C=CC[Si]1(CC=C)CCCC(C)(C)O1. The summed E-state index contributed by atoms with van der Waals surface area (Å²) in [6, 6.07) is 3.42. The summed E-state index contributed by atoms with van der Waals surface area (Å²) in [5, 5.41) is 0. The minimum Gasteiger partial charge on any atom is -0.411 e. The molecule has 1 rings (SSSR count).